The van der Waals surface area contributed by atoms with Crippen molar-refractivity contribution in [1.29, 1.82) is 0 Å². The lowest BCUT2D eigenvalue weighted by Gasteiger charge is -2.17. The molecule has 1 aliphatic rings. The summed E-state index contributed by atoms with van der Waals surface area (Å²) in [5.74, 6) is 0. The summed E-state index contributed by atoms with van der Waals surface area (Å²) < 4.78 is 0. The Morgan fingerprint density at radius 1 is 1.50 bits per heavy atom. The fraction of sp³-hybridized carbons (Fsp3) is 0.417. The summed E-state index contributed by atoms with van der Waals surface area (Å²) in [7, 11) is 0. The highest BCUT2D eigenvalue weighted by Crippen LogP contribution is 2.28. The van der Waals surface area contributed by atoms with E-state index in [1.165, 1.54) is 0 Å². The Hall–Kier alpha value is -1.39. The predicted octanol–water partition coefficient (Wildman–Crippen LogP) is 1.35. The second-order valence-electron chi connectivity index (χ2n) is 4.31. The molecule has 84 valence electrons. The minimum atomic E-state index is -0.444. The molecule has 0 radical (unpaired) electrons. The molecule has 0 bridgehead atoms. The highest BCUT2D eigenvalue weighted by atomic mass is 16.3. The van der Waals surface area contributed by atoms with Crippen LogP contribution in [0.25, 0.3) is 10.9 Å². The second kappa shape index (κ2) is 3.88. The molecule has 4 nitrogen and oxygen atoms in total. The van der Waals surface area contributed by atoms with E-state index in [4.69, 9.17) is 0 Å². The number of aromatic nitrogens is 2. The molecule has 0 aromatic carbocycles. The second-order valence-corrected chi connectivity index (χ2v) is 4.31. The summed E-state index contributed by atoms with van der Waals surface area (Å²) in [6, 6.07) is 2.10. The first-order valence-corrected chi connectivity index (χ1v) is 5.69. The molecule has 0 amide bonds. The summed E-state index contributed by atoms with van der Waals surface area (Å²) in [6.45, 7) is 1.00. The van der Waals surface area contributed by atoms with Crippen LogP contribution in [0.2, 0.25) is 0 Å². The first-order chi connectivity index (χ1) is 7.86. The summed E-state index contributed by atoms with van der Waals surface area (Å²) in [4.78, 5) is 7.27. The lowest BCUT2D eigenvalue weighted by molar-refractivity contribution is 0.139. The number of hydrogen-bond donors (Lipinski definition) is 3. The molecule has 0 aliphatic carbocycles. The molecule has 0 spiro atoms. The zero-order valence-corrected chi connectivity index (χ0v) is 8.98. The van der Waals surface area contributed by atoms with Gasteiger partial charge in [0, 0.05) is 41.1 Å². The minimum absolute atomic E-state index is 0.180. The monoisotopic (exact) mass is 217 g/mol. The van der Waals surface area contributed by atoms with E-state index in [9.17, 15) is 5.11 Å². The molecule has 3 N–H and O–H groups in total. The Balaban J connectivity index is 1.98. The largest absolute Gasteiger partial charge is 0.387 e. The summed E-state index contributed by atoms with van der Waals surface area (Å²) >= 11 is 0. The maximum Gasteiger partial charge on any atom is 0.0964 e. The van der Waals surface area contributed by atoms with Gasteiger partial charge in [0.05, 0.1) is 6.10 Å². The van der Waals surface area contributed by atoms with Crippen molar-refractivity contribution in [3.05, 3.63) is 30.2 Å². The van der Waals surface area contributed by atoms with Gasteiger partial charge in [-0.25, -0.2) is 0 Å². The smallest absolute Gasteiger partial charge is 0.0964 e. The van der Waals surface area contributed by atoms with Crippen molar-refractivity contribution in [3.8, 4) is 0 Å². The lowest BCUT2D eigenvalue weighted by Crippen LogP contribution is -2.28. The van der Waals surface area contributed by atoms with E-state index in [0.29, 0.717) is 0 Å². The van der Waals surface area contributed by atoms with Crippen LogP contribution in [0.15, 0.2) is 24.7 Å². The fourth-order valence-corrected chi connectivity index (χ4v) is 2.43. The van der Waals surface area contributed by atoms with Crippen molar-refractivity contribution in [3.63, 3.8) is 0 Å². The number of aromatic amines is 1. The number of fused-ring (bicyclic) bond motifs is 1. The van der Waals surface area contributed by atoms with E-state index in [1.54, 1.807) is 12.4 Å². The van der Waals surface area contributed by atoms with Gasteiger partial charge in [0.1, 0.15) is 0 Å². The zero-order valence-electron chi connectivity index (χ0n) is 8.98. The number of aliphatic hydroxyl groups is 1. The predicted molar refractivity (Wildman–Crippen MR) is 62.1 cm³/mol. The fourth-order valence-electron chi connectivity index (χ4n) is 2.43. The molecule has 16 heavy (non-hydrogen) atoms. The average Bonchev–Trinajstić information content (AvgIpc) is 2.98. The van der Waals surface area contributed by atoms with Crippen LogP contribution in [0.3, 0.4) is 0 Å². The molecule has 3 rings (SSSR count). The minimum Gasteiger partial charge on any atom is -0.387 e. The number of H-pyrrole nitrogens is 1. The number of hydrogen-bond acceptors (Lipinski definition) is 3. The SMILES string of the molecule is OC(c1c[nH]c2ccncc12)C1CCCN1. The van der Waals surface area contributed by atoms with Gasteiger partial charge < -0.3 is 15.4 Å². The van der Waals surface area contributed by atoms with Crippen molar-refractivity contribution in [2.24, 2.45) is 0 Å². The molecule has 1 fully saturated rings. The van der Waals surface area contributed by atoms with Gasteiger partial charge in [-0.3, -0.25) is 4.98 Å². The van der Waals surface area contributed by atoms with Gasteiger partial charge in [-0.05, 0) is 25.5 Å². The Bertz CT molecular complexity index is 488. The van der Waals surface area contributed by atoms with Crippen LogP contribution >= 0.6 is 0 Å². The Kier molecular flexibility index (Phi) is 2.38. The summed E-state index contributed by atoms with van der Waals surface area (Å²) in [5.41, 5.74) is 1.98. The third-order valence-electron chi connectivity index (χ3n) is 3.31. The van der Waals surface area contributed by atoms with Crippen LogP contribution in [0, 0.1) is 0 Å². The lowest BCUT2D eigenvalue weighted by atomic mass is 10.0. The summed E-state index contributed by atoms with van der Waals surface area (Å²) in [5, 5.41) is 14.6. The van der Waals surface area contributed by atoms with Crippen LogP contribution in [-0.4, -0.2) is 27.7 Å². The molecule has 4 heteroatoms. The number of aliphatic hydroxyl groups excluding tert-OH is 1. The van der Waals surface area contributed by atoms with E-state index >= 15 is 0 Å². The van der Waals surface area contributed by atoms with Crippen LogP contribution in [-0.2, 0) is 0 Å². The van der Waals surface area contributed by atoms with Crippen molar-refractivity contribution in [1.82, 2.24) is 15.3 Å². The van der Waals surface area contributed by atoms with E-state index in [-0.39, 0.29) is 6.04 Å². The highest BCUT2D eigenvalue weighted by molar-refractivity contribution is 5.82. The molecular weight excluding hydrogens is 202 g/mol. The molecule has 0 saturated carbocycles. The number of nitrogens with zero attached hydrogens (tertiary/aromatic N) is 1. The normalized spacial score (nSPS) is 22.7. The maximum absolute atomic E-state index is 10.3. The van der Waals surface area contributed by atoms with Gasteiger partial charge in [-0.15, -0.1) is 0 Å². The van der Waals surface area contributed by atoms with Gasteiger partial charge in [-0.1, -0.05) is 0 Å². The highest BCUT2D eigenvalue weighted by Gasteiger charge is 2.25. The first-order valence-electron chi connectivity index (χ1n) is 5.69. The van der Waals surface area contributed by atoms with Crippen molar-refractivity contribution < 1.29 is 5.11 Å². The van der Waals surface area contributed by atoms with Gasteiger partial charge in [0.15, 0.2) is 0 Å². The molecule has 2 atom stereocenters. The third kappa shape index (κ3) is 1.50. The van der Waals surface area contributed by atoms with Crippen LogP contribution < -0.4 is 5.32 Å². The quantitative estimate of drug-likeness (QED) is 0.711. The number of rotatable bonds is 2. The molecule has 2 unspecified atom stereocenters. The average molecular weight is 217 g/mol. The van der Waals surface area contributed by atoms with Gasteiger partial charge in [-0.2, -0.15) is 0 Å². The zero-order chi connectivity index (χ0) is 11.0. The Morgan fingerprint density at radius 2 is 2.44 bits per heavy atom. The van der Waals surface area contributed by atoms with Crippen LogP contribution in [0.5, 0.6) is 0 Å². The summed E-state index contributed by atoms with van der Waals surface area (Å²) in [6.07, 6.45) is 7.18. The van der Waals surface area contributed by atoms with Gasteiger partial charge >= 0.3 is 0 Å². The van der Waals surface area contributed by atoms with Crippen molar-refractivity contribution in [2.45, 2.75) is 25.0 Å². The molecular formula is C12H15N3O. The molecule has 3 heterocycles. The molecule has 1 aliphatic heterocycles. The van der Waals surface area contributed by atoms with Crippen molar-refractivity contribution in [2.75, 3.05) is 6.54 Å². The molecule has 2 aromatic rings. The molecule has 1 saturated heterocycles. The Labute approximate surface area is 93.7 Å². The Morgan fingerprint density at radius 3 is 3.25 bits per heavy atom. The van der Waals surface area contributed by atoms with E-state index in [1.807, 2.05) is 12.3 Å². The van der Waals surface area contributed by atoms with Gasteiger partial charge in [0.25, 0.3) is 0 Å². The van der Waals surface area contributed by atoms with Crippen LogP contribution in [0.4, 0.5) is 0 Å². The van der Waals surface area contributed by atoms with Crippen molar-refractivity contribution >= 4 is 10.9 Å². The van der Waals surface area contributed by atoms with E-state index in [0.717, 1.165) is 35.9 Å². The third-order valence-corrected chi connectivity index (χ3v) is 3.31. The van der Waals surface area contributed by atoms with E-state index in [2.05, 4.69) is 15.3 Å². The topological polar surface area (TPSA) is 60.9 Å². The first kappa shape index (κ1) is 9.81. The van der Waals surface area contributed by atoms with Crippen LogP contribution in [0.1, 0.15) is 24.5 Å². The van der Waals surface area contributed by atoms with Gasteiger partial charge in [0.2, 0.25) is 0 Å². The van der Waals surface area contributed by atoms with E-state index < -0.39 is 6.10 Å². The number of nitrogens with one attached hydrogen (secondary N) is 2. The standard InChI is InChI=1S/C12H15N3O/c16-12(11-2-1-4-14-11)9-7-15-10-3-5-13-6-8(9)10/h3,5-7,11-12,14-16H,1-2,4H2. The number of pyridine rings is 1. The molecule has 2 aromatic heterocycles. The maximum atomic E-state index is 10.3.